The van der Waals surface area contributed by atoms with Crippen molar-refractivity contribution in [1.82, 2.24) is 10.2 Å². The first kappa shape index (κ1) is 54.3. The molecule has 0 saturated carbocycles. The molecule has 0 aromatic heterocycles. The van der Waals surface area contributed by atoms with Gasteiger partial charge in [0, 0.05) is 32.9 Å². The minimum Gasteiger partial charge on any atom is -0.466 e. The molecule has 1 N–H and O–H groups in total. The van der Waals surface area contributed by atoms with Crippen LogP contribution in [0, 0.1) is 0 Å². The third-order valence-electron chi connectivity index (χ3n) is 11.0. The number of esters is 2. The highest BCUT2D eigenvalue weighted by molar-refractivity contribution is 5.75. The van der Waals surface area contributed by atoms with Crippen molar-refractivity contribution in [2.75, 3.05) is 46.5 Å². The fraction of sp³-hybridized carbons (Fsp3) is 0.938. The maximum Gasteiger partial charge on any atom is 0.306 e. The fourth-order valence-corrected chi connectivity index (χ4v) is 7.37. The zero-order chi connectivity index (χ0) is 41.0. The van der Waals surface area contributed by atoms with E-state index in [1.54, 1.807) is 7.11 Å². The number of carbonyl (C=O) groups is 3. The quantitative estimate of drug-likeness (QED) is 0.0484. The number of hydrogen-bond acceptors (Lipinski definition) is 7. The fourth-order valence-electron chi connectivity index (χ4n) is 7.37. The van der Waals surface area contributed by atoms with Gasteiger partial charge in [0.1, 0.15) is 6.10 Å². The van der Waals surface area contributed by atoms with Crippen LogP contribution in [0.1, 0.15) is 239 Å². The van der Waals surface area contributed by atoms with E-state index in [1.807, 2.05) is 0 Å². The van der Waals surface area contributed by atoms with Crippen LogP contribution in [-0.4, -0.2) is 75.4 Å². The molecule has 0 aliphatic carbocycles. The van der Waals surface area contributed by atoms with Crippen LogP contribution in [0.4, 0.5) is 0 Å². The monoisotopic (exact) mass is 795 g/mol. The second-order valence-corrected chi connectivity index (χ2v) is 16.5. The molecule has 0 heterocycles. The van der Waals surface area contributed by atoms with Crippen LogP contribution in [0.15, 0.2) is 0 Å². The van der Waals surface area contributed by atoms with Crippen LogP contribution >= 0.6 is 0 Å². The second kappa shape index (κ2) is 44.4. The van der Waals surface area contributed by atoms with E-state index in [-0.39, 0.29) is 23.9 Å². The van der Waals surface area contributed by atoms with E-state index in [0.717, 1.165) is 103 Å². The number of ether oxygens (including phenoxy) is 3. The van der Waals surface area contributed by atoms with Crippen LogP contribution in [0.5, 0.6) is 0 Å². The van der Waals surface area contributed by atoms with Crippen molar-refractivity contribution in [2.24, 2.45) is 0 Å². The molecule has 0 aliphatic rings. The first-order valence-electron chi connectivity index (χ1n) is 24.3. The average molecular weight is 795 g/mol. The van der Waals surface area contributed by atoms with Gasteiger partial charge in [-0.05, 0) is 83.8 Å². The van der Waals surface area contributed by atoms with E-state index in [9.17, 15) is 14.4 Å². The highest BCUT2D eigenvalue weighted by Gasteiger charge is 2.14. The van der Waals surface area contributed by atoms with E-state index in [2.05, 4.69) is 31.0 Å². The smallest absolute Gasteiger partial charge is 0.306 e. The van der Waals surface area contributed by atoms with Crippen LogP contribution in [0.2, 0.25) is 0 Å². The van der Waals surface area contributed by atoms with Crippen molar-refractivity contribution >= 4 is 17.8 Å². The van der Waals surface area contributed by atoms with Gasteiger partial charge in [-0.15, -0.1) is 0 Å². The summed E-state index contributed by atoms with van der Waals surface area (Å²) >= 11 is 0. The maximum atomic E-state index is 12.8. The summed E-state index contributed by atoms with van der Waals surface area (Å²) in [5, 5.41) is 3.03. The Kier molecular flexibility index (Phi) is 43.1. The molecule has 0 radical (unpaired) electrons. The van der Waals surface area contributed by atoms with Gasteiger partial charge < -0.3 is 24.4 Å². The summed E-state index contributed by atoms with van der Waals surface area (Å²) in [6.45, 7) is 11.6. The molecule has 0 bridgehead atoms. The highest BCUT2D eigenvalue weighted by atomic mass is 16.5. The summed E-state index contributed by atoms with van der Waals surface area (Å²) in [5.41, 5.74) is 0. The lowest BCUT2D eigenvalue weighted by atomic mass is 10.0. The number of amides is 1. The van der Waals surface area contributed by atoms with Crippen molar-refractivity contribution < 1.29 is 28.6 Å². The predicted molar refractivity (Wildman–Crippen MR) is 236 cm³/mol. The van der Waals surface area contributed by atoms with Crippen LogP contribution in [0.25, 0.3) is 0 Å². The van der Waals surface area contributed by atoms with Gasteiger partial charge in [-0.1, -0.05) is 156 Å². The number of nitrogens with one attached hydrogen (secondary N) is 1. The van der Waals surface area contributed by atoms with Gasteiger partial charge in [-0.3, -0.25) is 14.4 Å². The van der Waals surface area contributed by atoms with Gasteiger partial charge in [0.05, 0.1) is 13.2 Å². The van der Waals surface area contributed by atoms with Crippen molar-refractivity contribution in [3.8, 4) is 0 Å². The summed E-state index contributed by atoms with van der Waals surface area (Å²) in [7, 11) is 1.62. The Morgan fingerprint density at radius 3 is 1.41 bits per heavy atom. The topological polar surface area (TPSA) is 94.2 Å². The standard InChI is InChI=1S/C48H94N2O6/c1-5-8-11-14-16-25-32-43-55-47(52)36-28-21-17-23-30-40-50(42-33-39-49-46(51)38-44-54-4)41-31-24-18-22-29-37-48(53)56-45(34-26-19-13-10-7-3)35-27-20-15-12-9-6-2/h45H,5-44H2,1-4H3,(H,49,51). The predicted octanol–water partition coefficient (Wildman–Crippen LogP) is 12.8. The van der Waals surface area contributed by atoms with Gasteiger partial charge in [0.25, 0.3) is 0 Å². The first-order valence-corrected chi connectivity index (χ1v) is 24.3. The van der Waals surface area contributed by atoms with Crippen LogP contribution < -0.4 is 5.32 Å². The Balaban J connectivity index is 4.36. The molecule has 1 atom stereocenters. The van der Waals surface area contributed by atoms with Crippen LogP contribution in [0.3, 0.4) is 0 Å². The number of methoxy groups -OCH3 is 1. The number of carbonyl (C=O) groups excluding carboxylic acids is 3. The van der Waals surface area contributed by atoms with E-state index in [0.29, 0.717) is 39.0 Å². The molecule has 0 fully saturated rings. The molecule has 0 aromatic carbocycles. The zero-order valence-corrected chi connectivity index (χ0v) is 37.8. The Morgan fingerprint density at radius 2 is 0.893 bits per heavy atom. The summed E-state index contributed by atoms with van der Waals surface area (Å²) in [6.07, 6.45) is 38.1. The number of rotatable bonds is 45. The molecule has 8 nitrogen and oxygen atoms in total. The van der Waals surface area contributed by atoms with Crippen molar-refractivity contribution in [3.63, 3.8) is 0 Å². The third-order valence-corrected chi connectivity index (χ3v) is 11.0. The number of nitrogens with zero attached hydrogens (tertiary/aromatic N) is 1. The van der Waals surface area contributed by atoms with Crippen LogP contribution in [-0.2, 0) is 28.6 Å². The van der Waals surface area contributed by atoms with Crippen molar-refractivity contribution in [2.45, 2.75) is 245 Å². The summed E-state index contributed by atoms with van der Waals surface area (Å²) < 4.78 is 16.5. The number of hydrogen-bond donors (Lipinski definition) is 1. The molecule has 8 heteroatoms. The molecule has 0 aromatic rings. The lowest BCUT2D eigenvalue weighted by molar-refractivity contribution is -0.150. The summed E-state index contributed by atoms with van der Waals surface area (Å²) in [6, 6.07) is 0. The lowest BCUT2D eigenvalue weighted by Gasteiger charge is -2.22. The molecule has 0 spiro atoms. The van der Waals surface area contributed by atoms with Crippen molar-refractivity contribution in [1.29, 1.82) is 0 Å². The molecule has 1 amide bonds. The SMILES string of the molecule is CCCCCCCCCOC(=O)CCCCCCCN(CCCCCCCC(=O)OC(CCCCCCC)CCCCCCCC)CCCNC(=O)CCOC. The highest BCUT2D eigenvalue weighted by Crippen LogP contribution is 2.18. The van der Waals surface area contributed by atoms with Gasteiger partial charge in [0.2, 0.25) is 5.91 Å². The molecule has 0 aliphatic heterocycles. The van der Waals surface area contributed by atoms with E-state index >= 15 is 0 Å². The normalized spacial score (nSPS) is 11.9. The second-order valence-electron chi connectivity index (χ2n) is 16.5. The molecule has 56 heavy (non-hydrogen) atoms. The minimum atomic E-state index is -0.0349. The van der Waals surface area contributed by atoms with Crippen molar-refractivity contribution in [3.05, 3.63) is 0 Å². The molecular formula is C48H94N2O6. The average Bonchev–Trinajstić information content (AvgIpc) is 3.19. The van der Waals surface area contributed by atoms with Gasteiger partial charge in [-0.2, -0.15) is 0 Å². The first-order chi connectivity index (χ1) is 27.5. The molecule has 0 rings (SSSR count). The molecule has 0 saturated heterocycles. The van der Waals surface area contributed by atoms with E-state index in [1.165, 1.54) is 116 Å². The van der Waals surface area contributed by atoms with Gasteiger partial charge in [-0.25, -0.2) is 0 Å². The summed E-state index contributed by atoms with van der Waals surface area (Å²) in [4.78, 5) is 39.4. The zero-order valence-electron chi connectivity index (χ0n) is 37.8. The van der Waals surface area contributed by atoms with Gasteiger partial charge in [0.15, 0.2) is 0 Å². The Morgan fingerprint density at radius 1 is 0.464 bits per heavy atom. The maximum absolute atomic E-state index is 12.8. The van der Waals surface area contributed by atoms with Gasteiger partial charge >= 0.3 is 11.9 Å². The molecular weight excluding hydrogens is 701 g/mol. The van der Waals surface area contributed by atoms with E-state index in [4.69, 9.17) is 14.2 Å². The lowest BCUT2D eigenvalue weighted by Crippen LogP contribution is -2.31. The number of unbranched alkanes of at least 4 members (excludes halogenated alkanes) is 23. The van der Waals surface area contributed by atoms with E-state index < -0.39 is 0 Å². The Hall–Kier alpha value is -1.67. The Bertz CT molecular complexity index is 856. The molecule has 1 unspecified atom stereocenters. The molecule has 332 valence electrons. The minimum absolute atomic E-state index is 0.00811. The third kappa shape index (κ3) is 40.5. The Labute approximate surface area is 347 Å². The largest absolute Gasteiger partial charge is 0.466 e. The summed E-state index contributed by atoms with van der Waals surface area (Å²) in [5.74, 6) is 0.0285.